The van der Waals surface area contributed by atoms with E-state index >= 15 is 0 Å². The number of hydrogen-bond acceptors (Lipinski definition) is 16. The Hall–Kier alpha value is -3.21. The number of esters is 6. The summed E-state index contributed by atoms with van der Waals surface area (Å²) < 4.78 is 103. The average molecular weight is 902 g/mol. The predicted molar refractivity (Wildman–Crippen MR) is 195 cm³/mol. The molecule has 0 saturated heterocycles. The monoisotopic (exact) mass is 900 g/mol. The molecule has 336 valence electrons. The zero-order chi connectivity index (χ0) is 45.2. The van der Waals surface area contributed by atoms with E-state index in [0.717, 1.165) is 6.92 Å². The van der Waals surface area contributed by atoms with Crippen molar-refractivity contribution in [2.75, 3.05) is 87.4 Å². The number of methoxy groups -OCH3 is 3. The summed E-state index contributed by atoms with van der Waals surface area (Å²) in [5.41, 5.74) is 0. The molecular weight excluding hydrogens is 839 g/mol. The van der Waals surface area contributed by atoms with Crippen LogP contribution < -0.4 is 0 Å². The fourth-order valence-corrected chi connectivity index (χ4v) is 2.35. The van der Waals surface area contributed by atoms with Crippen molar-refractivity contribution in [3.8, 4) is 0 Å². The van der Waals surface area contributed by atoms with Crippen molar-refractivity contribution in [3.05, 3.63) is 0 Å². The number of alkyl halides is 6. The van der Waals surface area contributed by atoms with Gasteiger partial charge in [-0.05, 0) is 62.3 Å². The van der Waals surface area contributed by atoms with E-state index in [1.807, 2.05) is 6.92 Å². The first-order valence-corrected chi connectivity index (χ1v) is 18.1. The van der Waals surface area contributed by atoms with Crippen LogP contribution in [0.4, 0.5) is 22.0 Å². The summed E-state index contributed by atoms with van der Waals surface area (Å²) in [6.45, 7) is 18.6. The lowest BCUT2D eigenvalue weighted by Crippen LogP contribution is -2.45. The van der Waals surface area contributed by atoms with Gasteiger partial charge in [-0.1, -0.05) is 15.9 Å². The van der Waals surface area contributed by atoms with Gasteiger partial charge in [0.2, 0.25) is 0 Å². The van der Waals surface area contributed by atoms with Crippen LogP contribution in [0.3, 0.4) is 0 Å². The first-order valence-electron chi connectivity index (χ1n) is 17.2. The van der Waals surface area contributed by atoms with E-state index < -0.39 is 30.8 Å². The minimum atomic E-state index is -5.89. The summed E-state index contributed by atoms with van der Waals surface area (Å²) in [7, 11) is 4.48. The molecule has 0 radical (unpaired) electrons. The number of halogens is 6. The van der Waals surface area contributed by atoms with Gasteiger partial charge in [0, 0.05) is 27.9 Å². The maximum Gasteiger partial charge on any atom is 0.465 e. The third-order valence-electron chi connectivity index (χ3n) is 4.81. The highest BCUT2D eigenvalue weighted by Gasteiger charge is 2.64. The van der Waals surface area contributed by atoms with Gasteiger partial charge < -0.3 is 47.4 Å². The van der Waals surface area contributed by atoms with Gasteiger partial charge in [0.25, 0.3) is 0 Å². The van der Waals surface area contributed by atoms with E-state index in [-0.39, 0.29) is 41.3 Å². The van der Waals surface area contributed by atoms with Crippen molar-refractivity contribution in [1.82, 2.24) is 0 Å². The van der Waals surface area contributed by atoms with Crippen molar-refractivity contribution in [2.24, 2.45) is 0 Å². The number of carbonyl (C=O) groups is 6. The molecule has 0 fully saturated rings. The van der Waals surface area contributed by atoms with Crippen LogP contribution in [0.5, 0.6) is 0 Å². The summed E-state index contributed by atoms with van der Waals surface area (Å²) in [5, 5.41) is 0. The topological polar surface area (TPSA) is 195 Å². The molecule has 0 amide bonds. The highest BCUT2D eigenvalue weighted by molar-refractivity contribution is 9.10. The van der Waals surface area contributed by atoms with E-state index in [4.69, 9.17) is 4.74 Å². The van der Waals surface area contributed by atoms with Crippen LogP contribution in [0, 0.1) is 0 Å². The maximum atomic E-state index is 11.9. The highest BCUT2D eigenvalue weighted by Crippen LogP contribution is 2.36. The predicted octanol–water partition coefficient (Wildman–Crippen LogP) is 5.42. The second-order valence-corrected chi connectivity index (χ2v) is 10.7. The number of hydrogen-bond donors (Lipinski definition) is 0. The van der Waals surface area contributed by atoms with E-state index in [0.29, 0.717) is 65.7 Å². The van der Waals surface area contributed by atoms with Gasteiger partial charge in [-0.3, -0.25) is 14.4 Å². The molecule has 22 heteroatoms. The standard InChI is InChI=1S/C7H14O3.2C6H12O3.C5H9BrO2.C5H5F5O2.C5H10O3/c1-3-9-6-5-7(8)10-4-2;1-4-9-6(7)5(2)8-3;1-3-9-6(7)4-5-8-2;1-3-8-5(7)4(2)6;1-2-12-3(11)4(6,7)5(8,9)10;1-3-8-5(6)4-7-2/h3-6H2,1-2H3;5H,4H2,1-3H3;3-5H2,1-2H3;4H,3H2,1-2H3;2H2,1H3;3-4H2,1-2H3. The van der Waals surface area contributed by atoms with Crippen molar-refractivity contribution in [3.63, 3.8) is 0 Å². The lowest BCUT2D eigenvalue weighted by molar-refractivity contribution is -0.280. The molecule has 0 aromatic carbocycles. The molecular formula is C34H62BrF5O16. The van der Waals surface area contributed by atoms with Gasteiger partial charge in [0.15, 0.2) is 6.10 Å². The van der Waals surface area contributed by atoms with E-state index in [2.05, 4.69) is 58.6 Å². The normalized spacial score (nSPS) is 11.0. The third kappa shape index (κ3) is 46.9. The number of carbonyl (C=O) groups excluding carboxylic acids is 6. The van der Waals surface area contributed by atoms with Crippen molar-refractivity contribution >= 4 is 51.7 Å². The van der Waals surface area contributed by atoms with Gasteiger partial charge in [-0.15, -0.1) is 0 Å². The summed E-state index contributed by atoms with van der Waals surface area (Å²) in [6.07, 6.45) is -5.62. The van der Waals surface area contributed by atoms with Crippen LogP contribution in [-0.4, -0.2) is 146 Å². The van der Waals surface area contributed by atoms with Crippen LogP contribution in [-0.2, 0) is 76.1 Å². The Morgan fingerprint density at radius 1 is 0.536 bits per heavy atom. The van der Waals surface area contributed by atoms with Crippen molar-refractivity contribution < 1.29 is 98.1 Å². The first kappa shape index (κ1) is 64.7. The van der Waals surface area contributed by atoms with Crippen LogP contribution in [0.15, 0.2) is 0 Å². The molecule has 0 bridgehead atoms. The van der Waals surface area contributed by atoms with E-state index in [9.17, 15) is 50.7 Å². The lowest BCUT2D eigenvalue weighted by atomic mass is 10.3. The first-order chi connectivity index (χ1) is 26.1. The van der Waals surface area contributed by atoms with Gasteiger partial charge in [0.05, 0.1) is 65.7 Å². The van der Waals surface area contributed by atoms with Crippen LogP contribution >= 0.6 is 15.9 Å². The van der Waals surface area contributed by atoms with E-state index in [1.165, 1.54) is 14.2 Å². The molecule has 0 rings (SSSR count). The molecule has 0 aliphatic heterocycles. The quantitative estimate of drug-likeness (QED) is 0.0524. The zero-order valence-corrected chi connectivity index (χ0v) is 36.0. The van der Waals surface area contributed by atoms with Crippen molar-refractivity contribution in [1.29, 1.82) is 0 Å². The summed E-state index contributed by atoms with van der Waals surface area (Å²) >= 11 is 3.07. The molecule has 16 nitrogen and oxygen atoms in total. The molecule has 0 aromatic rings. The Bertz CT molecular complexity index is 979. The minimum absolute atomic E-state index is 0.0494. The largest absolute Gasteiger partial charge is 0.466 e. The molecule has 2 atom stereocenters. The maximum absolute atomic E-state index is 11.9. The smallest absolute Gasteiger partial charge is 0.465 e. The second kappa shape index (κ2) is 44.5. The third-order valence-corrected chi connectivity index (χ3v) is 5.19. The minimum Gasteiger partial charge on any atom is -0.466 e. The van der Waals surface area contributed by atoms with Gasteiger partial charge in [-0.2, -0.15) is 22.0 Å². The molecule has 0 N–H and O–H groups in total. The molecule has 0 saturated carbocycles. The average Bonchev–Trinajstić information content (AvgIpc) is 3.12. The Kier molecular flexibility index (Phi) is 51.4. The number of ether oxygens (including phenoxy) is 10. The fraction of sp³-hybridized carbons (Fsp3) is 0.824. The van der Waals surface area contributed by atoms with Crippen LogP contribution in [0.1, 0.15) is 75.2 Å². The summed E-state index contributed by atoms with van der Waals surface area (Å²) in [6, 6.07) is 0. The van der Waals surface area contributed by atoms with E-state index in [1.54, 1.807) is 55.6 Å². The van der Waals surface area contributed by atoms with Crippen LogP contribution in [0.2, 0.25) is 0 Å². The highest BCUT2D eigenvalue weighted by atomic mass is 79.9. The summed E-state index contributed by atoms with van der Waals surface area (Å²) in [4.78, 5) is 62.4. The SMILES string of the molecule is CCOC(=O)C(C)Br.CCOC(=O)C(C)OC.CCOC(=O)C(F)(F)C(F)(F)F.CCOC(=O)CCOC.CCOC(=O)COC.CCOCCC(=O)OCC. The molecule has 0 aliphatic rings. The Morgan fingerprint density at radius 2 is 0.929 bits per heavy atom. The Labute approximate surface area is 335 Å². The molecule has 0 aliphatic carbocycles. The molecule has 2 unspecified atom stereocenters. The molecule has 0 heterocycles. The van der Waals surface area contributed by atoms with Gasteiger partial charge in [-0.25, -0.2) is 14.4 Å². The number of rotatable bonds is 19. The van der Waals surface area contributed by atoms with Gasteiger partial charge in [0.1, 0.15) is 11.4 Å². The molecule has 0 aromatic heterocycles. The molecule has 56 heavy (non-hydrogen) atoms. The fourth-order valence-electron chi connectivity index (χ4n) is 2.22. The van der Waals surface area contributed by atoms with Crippen molar-refractivity contribution in [2.45, 2.75) is 98.2 Å². The Balaban J connectivity index is -0.000000135. The lowest BCUT2D eigenvalue weighted by Gasteiger charge is -2.16. The van der Waals surface area contributed by atoms with Gasteiger partial charge >= 0.3 is 47.9 Å². The molecule has 0 spiro atoms. The Morgan fingerprint density at radius 3 is 1.23 bits per heavy atom. The summed E-state index contributed by atoms with van der Waals surface area (Å²) in [5.74, 6) is -9.18. The second-order valence-electron chi connectivity index (χ2n) is 9.33. The van der Waals surface area contributed by atoms with Crippen LogP contribution in [0.25, 0.3) is 0 Å². The zero-order valence-electron chi connectivity index (χ0n) is 34.4.